The van der Waals surface area contributed by atoms with Crippen molar-refractivity contribution in [3.63, 3.8) is 0 Å². The number of rotatable bonds is 7. The zero-order valence-corrected chi connectivity index (χ0v) is 21.6. The summed E-state index contributed by atoms with van der Waals surface area (Å²) in [6.45, 7) is 4.61. The van der Waals surface area contributed by atoms with Crippen molar-refractivity contribution in [2.45, 2.75) is 63.9 Å². The Balaban J connectivity index is 1.58. The van der Waals surface area contributed by atoms with Crippen LogP contribution in [0.5, 0.6) is 0 Å². The number of fused-ring (bicyclic) bond motifs is 1. The third-order valence-corrected chi connectivity index (χ3v) is 7.82. The van der Waals surface area contributed by atoms with Crippen molar-refractivity contribution in [1.82, 2.24) is 14.5 Å². The van der Waals surface area contributed by atoms with Gasteiger partial charge in [0.1, 0.15) is 17.2 Å². The average molecular weight is 507 g/mol. The monoisotopic (exact) mass is 506 g/mol. The quantitative estimate of drug-likeness (QED) is 0.477. The number of carboxylic acids is 1. The lowest BCUT2D eigenvalue weighted by Crippen LogP contribution is -2.30. The van der Waals surface area contributed by atoms with Crippen LogP contribution in [0.4, 0.5) is 5.82 Å². The van der Waals surface area contributed by atoms with Crippen LogP contribution in [0.25, 0.3) is 16.7 Å². The van der Waals surface area contributed by atoms with Crippen LogP contribution in [-0.4, -0.2) is 51.8 Å². The molecule has 0 aromatic carbocycles. The van der Waals surface area contributed by atoms with Crippen molar-refractivity contribution in [3.8, 4) is 5.82 Å². The number of ether oxygens (including phenoxy) is 2. The first-order valence-corrected chi connectivity index (χ1v) is 12.9. The van der Waals surface area contributed by atoms with Crippen LogP contribution in [0.1, 0.15) is 68.2 Å². The molecule has 2 aliphatic rings. The van der Waals surface area contributed by atoms with Crippen molar-refractivity contribution in [3.05, 3.63) is 47.4 Å². The van der Waals surface area contributed by atoms with E-state index in [0.717, 1.165) is 60.1 Å². The largest absolute Gasteiger partial charge is 0.481 e. The van der Waals surface area contributed by atoms with Crippen LogP contribution in [0.3, 0.4) is 0 Å². The summed E-state index contributed by atoms with van der Waals surface area (Å²) in [6, 6.07) is 6.00. The first kappa shape index (κ1) is 25.4. The molecule has 0 unspecified atom stereocenters. The Kier molecular flexibility index (Phi) is 7.00. The molecule has 1 saturated carbocycles. The van der Waals surface area contributed by atoms with E-state index in [2.05, 4.69) is 34.1 Å². The lowest BCUT2D eigenvalue weighted by molar-refractivity contribution is -0.138. The van der Waals surface area contributed by atoms with Crippen LogP contribution in [0.2, 0.25) is 0 Å². The number of aryl methyl sites for hydroxylation is 1. The molecule has 4 heterocycles. The standard InChI is InChI=1S/C28H34N4O5/c1-17-10-24(28(36-3)8-9-37-16-28)31-26(11-17)32-15-22(20-6-4-19(5-7-20)12-27(34)35)21-14-29-25(13-23(21)32)30-18(2)33/h10-11,13-15,19-20H,4-9,12,16H2,1-3H3,(H,34,35)(H,29,30,33)/t19?,20?,28-/m0/s1. The topological polar surface area (TPSA) is 116 Å². The minimum atomic E-state index is -0.724. The minimum Gasteiger partial charge on any atom is -0.481 e. The third kappa shape index (κ3) is 5.10. The molecular weight excluding hydrogens is 472 g/mol. The summed E-state index contributed by atoms with van der Waals surface area (Å²) < 4.78 is 13.7. The normalized spacial score (nSPS) is 23.9. The molecule has 3 aromatic rings. The maximum absolute atomic E-state index is 11.7. The lowest BCUT2D eigenvalue weighted by atomic mass is 9.77. The zero-order chi connectivity index (χ0) is 26.2. The molecule has 1 amide bonds. The number of hydrogen-bond donors (Lipinski definition) is 2. The molecule has 0 bridgehead atoms. The molecule has 5 rings (SSSR count). The summed E-state index contributed by atoms with van der Waals surface area (Å²) in [5.41, 5.74) is 3.44. The second-order valence-corrected chi connectivity index (χ2v) is 10.4. The van der Waals surface area contributed by atoms with Gasteiger partial charge < -0.3 is 24.5 Å². The van der Waals surface area contributed by atoms with Crippen LogP contribution in [0.15, 0.2) is 30.6 Å². The van der Waals surface area contributed by atoms with E-state index in [9.17, 15) is 14.7 Å². The number of pyridine rings is 2. The first-order chi connectivity index (χ1) is 17.8. The van der Waals surface area contributed by atoms with Gasteiger partial charge in [-0.3, -0.25) is 9.59 Å². The Morgan fingerprint density at radius 3 is 2.68 bits per heavy atom. The van der Waals surface area contributed by atoms with Crippen molar-refractivity contribution >= 4 is 28.6 Å². The molecule has 1 aliphatic carbocycles. The van der Waals surface area contributed by atoms with E-state index in [1.807, 2.05) is 18.3 Å². The smallest absolute Gasteiger partial charge is 0.303 e. The van der Waals surface area contributed by atoms with Crippen molar-refractivity contribution in [2.75, 3.05) is 25.6 Å². The van der Waals surface area contributed by atoms with Gasteiger partial charge in [0.15, 0.2) is 0 Å². The molecule has 9 nitrogen and oxygen atoms in total. The van der Waals surface area contributed by atoms with Gasteiger partial charge in [-0.05, 0) is 67.7 Å². The summed E-state index contributed by atoms with van der Waals surface area (Å²) in [6.07, 6.45) is 8.59. The summed E-state index contributed by atoms with van der Waals surface area (Å²) in [4.78, 5) is 32.5. The molecule has 1 atom stereocenters. The van der Waals surface area contributed by atoms with Crippen molar-refractivity contribution in [1.29, 1.82) is 0 Å². The SMILES string of the molecule is CO[C@@]1(c2cc(C)cc(-n3cc(C4CCC(CC(=O)O)CC4)c4cnc(NC(C)=O)cc43)n2)CCOC1. The number of hydrogen-bond acceptors (Lipinski definition) is 6. The summed E-state index contributed by atoms with van der Waals surface area (Å²) in [5.74, 6) is 0.890. The summed E-state index contributed by atoms with van der Waals surface area (Å²) in [5, 5.41) is 13.0. The minimum absolute atomic E-state index is 0.179. The third-order valence-electron chi connectivity index (χ3n) is 7.82. The zero-order valence-electron chi connectivity index (χ0n) is 21.6. The highest BCUT2D eigenvalue weighted by atomic mass is 16.5. The first-order valence-electron chi connectivity index (χ1n) is 12.9. The number of carboxylic acid groups (broad SMARTS) is 1. The molecule has 2 N–H and O–H groups in total. The Hall–Kier alpha value is -3.30. The molecule has 0 spiro atoms. The van der Waals surface area contributed by atoms with Gasteiger partial charge in [0.2, 0.25) is 5.91 Å². The van der Waals surface area contributed by atoms with Gasteiger partial charge in [-0.15, -0.1) is 0 Å². The fourth-order valence-electron chi connectivity index (χ4n) is 5.85. The highest BCUT2D eigenvalue weighted by molar-refractivity contribution is 5.92. The van der Waals surface area contributed by atoms with Crippen LogP contribution < -0.4 is 5.32 Å². The Labute approximate surface area is 216 Å². The number of nitrogens with zero attached hydrogens (tertiary/aromatic N) is 3. The molecule has 3 aromatic heterocycles. The van der Waals surface area contributed by atoms with Crippen LogP contribution in [-0.2, 0) is 24.7 Å². The van der Waals surface area contributed by atoms with Crippen LogP contribution in [0, 0.1) is 12.8 Å². The number of carbonyl (C=O) groups excluding carboxylic acids is 1. The van der Waals surface area contributed by atoms with Gasteiger partial charge in [0, 0.05) is 57.3 Å². The van der Waals surface area contributed by atoms with Gasteiger partial charge in [-0.1, -0.05) is 0 Å². The van der Waals surface area contributed by atoms with E-state index in [0.29, 0.717) is 24.9 Å². The number of amides is 1. The molecule has 1 saturated heterocycles. The van der Waals surface area contributed by atoms with E-state index in [4.69, 9.17) is 14.5 Å². The number of aliphatic carboxylic acids is 1. The highest BCUT2D eigenvalue weighted by Gasteiger charge is 2.39. The van der Waals surface area contributed by atoms with Gasteiger partial charge in [0.05, 0.1) is 17.8 Å². The predicted molar refractivity (Wildman–Crippen MR) is 139 cm³/mol. The number of carbonyl (C=O) groups is 2. The van der Waals surface area contributed by atoms with Gasteiger partial charge in [0.25, 0.3) is 0 Å². The molecular formula is C28H34N4O5. The summed E-state index contributed by atoms with van der Waals surface area (Å²) >= 11 is 0. The number of methoxy groups -OCH3 is 1. The molecule has 0 radical (unpaired) electrons. The van der Waals surface area contributed by atoms with Gasteiger partial charge >= 0.3 is 5.97 Å². The average Bonchev–Trinajstić information content (AvgIpc) is 3.49. The number of nitrogens with one attached hydrogen (secondary N) is 1. The second-order valence-electron chi connectivity index (χ2n) is 10.4. The number of anilines is 1. The Morgan fingerprint density at radius 1 is 1.24 bits per heavy atom. The molecule has 196 valence electrons. The maximum atomic E-state index is 11.7. The molecule has 2 fully saturated rings. The maximum Gasteiger partial charge on any atom is 0.303 e. The van der Waals surface area contributed by atoms with E-state index in [1.165, 1.54) is 12.5 Å². The van der Waals surface area contributed by atoms with Gasteiger partial charge in [-0.2, -0.15) is 0 Å². The Morgan fingerprint density at radius 2 is 2.03 bits per heavy atom. The van der Waals surface area contributed by atoms with E-state index in [-0.39, 0.29) is 18.2 Å². The van der Waals surface area contributed by atoms with Crippen molar-refractivity contribution in [2.24, 2.45) is 5.92 Å². The van der Waals surface area contributed by atoms with E-state index in [1.54, 1.807) is 7.11 Å². The molecule has 37 heavy (non-hydrogen) atoms. The van der Waals surface area contributed by atoms with Crippen LogP contribution >= 0.6 is 0 Å². The fourth-order valence-corrected chi connectivity index (χ4v) is 5.85. The lowest BCUT2D eigenvalue weighted by Gasteiger charge is -2.27. The second kappa shape index (κ2) is 10.2. The predicted octanol–water partition coefficient (Wildman–Crippen LogP) is 4.70. The highest BCUT2D eigenvalue weighted by Crippen LogP contribution is 2.41. The fraction of sp³-hybridized carbons (Fsp3) is 0.500. The molecule has 1 aliphatic heterocycles. The van der Waals surface area contributed by atoms with Gasteiger partial charge in [-0.25, -0.2) is 9.97 Å². The van der Waals surface area contributed by atoms with E-state index >= 15 is 0 Å². The summed E-state index contributed by atoms with van der Waals surface area (Å²) in [7, 11) is 1.70. The van der Waals surface area contributed by atoms with E-state index < -0.39 is 11.6 Å². The molecule has 9 heteroatoms. The Bertz CT molecular complexity index is 1320. The van der Waals surface area contributed by atoms with Crippen molar-refractivity contribution < 1.29 is 24.2 Å². The number of aromatic nitrogens is 3.